The van der Waals surface area contributed by atoms with Gasteiger partial charge < -0.3 is 39.9 Å². The maximum absolute atomic E-state index is 13.4. The topological polar surface area (TPSA) is 149 Å². The highest BCUT2D eigenvalue weighted by molar-refractivity contribution is 6.00. The summed E-state index contributed by atoms with van der Waals surface area (Å²) in [5.41, 5.74) is 6.81. The number of carbonyl (C=O) groups excluding carboxylic acids is 4. The highest BCUT2D eigenvalue weighted by Gasteiger charge is 2.35. The lowest BCUT2D eigenvalue weighted by Gasteiger charge is -2.24. The Labute approximate surface area is 336 Å². The van der Waals surface area contributed by atoms with Gasteiger partial charge in [-0.1, -0.05) is 36.4 Å². The van der Waals surface area contributed by atoms with E-state index in [4.69, 9.17) is 9.47 Å². The number of fused-ring (bicyclic) bond motifs is 2. The summed E-state index contributed by atoms with van der Waals surface area (Å²) in [5.74, 6) is 0.902. The molecule has 6 aromatic rings. The Morgan fingerprint density at radius 1 is 0.621 bits per heavy atom. The van der Waals surface area contributed by atoms with Crippen LogP contribution in [0.2, 0.25) is 0 Å². The number of nitrogens with zero attached hydrogens (tertiary/aromatic N) is 2. The van der Waals surface area contributed by atoms with Gasteiger partial charge in [0.05, 0.1) is 27.1 Å². The molecule has 2 atom stereocenters. The highest BCUT2D eigenvalue weighted by Crippen LogP contribution is 2.28. The smallest absolute Gasteiger partial charge is 0.247 e. The van der Waals surface area contributed by atoms with Crippen LogP contribution in [0.5, 0.6) is 11.5 Å². The summed E-state index contributed by atoms with van der Waals surface area (Å²) in [6.07, 6.45) is 10.8. The van der Waals surface area contributed by atoms with Crippen LogP contribution in [-0.4, -0.2) is 82.8 Å². The Bertz CT molecular complexity index is 2330. The summed E-state index contributed by atoms with van der Waals surface area (Å²) >= 11 is 0. The molecule has 0 radical (unpaired) electrons. The Hall–Kier alpha value is -6.82. The standard InChI is InChI=1S/C46H46N6O6/c1-57-35-17-19-39-37(25-35)31(27-47-39)23-43(53)51-21-3-5-41(51)45(55)49-33-13-9-29(10-14-33)7-8-30-11-15-34(16-12-30)50-46(56)42-6-4-22-52(42)44(54)24-32-28-48-40-20-18-36(58-2)26-38(32)40/h7-20,25-28,41-42,47-48H,3-6,21-24H2,1-2H3,(H,49,55)(H,50,56)/b8-7+/t41-,42-/m0/s1. The summed E-state index contributed by atoms with van der Waals surface area (Å²) in [6, 6.07) is 25.5. The molecule has 2 aliphatic rings. The van der Waals surface area contributed by atoms with E-state index in [2.05, 4.69) is 20.6 Å². The summed E-state index contributed by atoms with van der Waals surface area (Å²) < 4.78 is 10.7. The minimum Gasteiger partial charge on any atom is -0.497 e. The van der Waals surface area contributed by atoms with E-state index in [0.717, 1.165) is 68.4 Å². The van der Waals surface area contributed by atoms with Crippen LogP contribution in [0.25, 0.3) is 34.0 Å². The first-order valence-electron chi connectivity index (χ1n) is 19.6. The average Bonchev–Trinajstić information content (AvgIpc) is 4.08. The van der Waals surface area contributed by atoms with Crippen LogP contribution in [0.1, 0.15) is 47.9 Å². The third-order valence-corrected chi connectivity index (χ3v) is 11.2. The van der Waals surface area contributed by atoms with Crippen LogP contribution in [0.4, 0.5) is 11.4 Å². The molecule has 4 N–H and O–H groups in total. The number of H-pyrrole nitrogens is 2. The van der Waals surface area contributed by atoms with Crippen LogP contribution < -0.4 is 20.1 Å². The number of rotatable bonds is 12. The van der Waals surface area contributed by atoms with Crippen LogP contribution >= 0.6 is 0 Å². The Morgan fingerprint density at radius 3 is 1.43 bits per heavy atom. The normalized spacial score (nSPS) is 16.7. The van der Waals surface area contributed by atoms with Crippen molar-refractivity contribution in [2.24, 2.45) is 0 Å². The van der Waals surface area contributed by atoms with Gasteiger partial charge in [-0.3, -0.25) is 19.2 Å². The Balaban J connectivity index is 0.824. The molecule has 0 saturated carbocycles. The number of aromatic nitrogens is 2. The van der Waals surface area contributed by atoms with E-state index in [0.29, 0.717) is 37.3 Å². The molecule has 12 nitrogen and oxygen atoms in total. The van der Waals surface area contributed by atoms with Gasteiger partial charge in [0.1, 0.15) is 23.6 Å². The number of benzene rings is 4. The van der Waals surface area contributed by atoms with Crippen molar-refractivity contribution in [3.05, 3.63) is 120 Å². The summed E-state index contributed by atoms with van der Waals surface area (Å²) in [5, 5.41) is 7.88. The maximum Gasteiger partial charge on any atom is 0.247 e. The maximum atomic E-state index is 13.4. The van der Waals surface area contributed by atoms with E-state index >= 15 is 0 Å². The Kier molecular flexibility index (Phi) is 11.0. The second-order valence-electron chi connectivity index (χ2n) is 14.9. The second kappa shape index (κ2) is 16.7. The first-order valence-corrected chi connectivity index (χ1v) is 19.6. The van der Waals surface area contributed by atoms with Crippen molar-refractivity contribution in [3.63, 3.8) is 0 Å². The molecule has 2 aliphatic heterocycles. The van der Waals surface area contributed by atoms with E-state index < -0.39 is 12.1 Å². The highest BCUT2D eigenvalue weighted by atomic mass is 16.5. The number of anilines is 2. The van der Waals surface area contributed by atoms with Crippen LogP contribution in [0.15, 0.2) is 97.3 Å². The van der Waals surface area contributed by atoms with Gasteiger partial charge in [-0.15, -0.1) is 0 Å². The molecule has 0 unspecified atom stereocenters. The third-order valence-electron chi connectivity index (χ3n) is 11.2. The number of carbonyl (C=O) groups is 4. The van der Waals surface area contributed by atoms with Gasteiger partial charge in [0.15, 0.2) is 0 Å². The van der Waals surface area contributed by atoms with Gasteiger partial charge in [-0.05, 0) is 109 Å². The monoisotopic (exact) mass is 778 g/mol. The van der Waals surface area contributed by atoms with Crippen molar-refractivity contribution < 1.29 is 28.7 Å². The summed E-state index contributed by atoms with van der Waals surface area (Å²) in [4.78, 5) is 63.4. The largest absolute Gasteiger partial charge is 0.497 e. The van der Waals surface area contributed by atoms with Gasteiger partial charge in [0.25, 0.3) is 0 Å². The minimum atomic E-state index is -0.527. The van der Waals surface area contributed by atoms with Crippen LogP contribution in [0.3, 0.4) is 0 Å². The molecule has 58 heavy (non-hydrogen) atoms. The molecule has 2 fully saturated rings. The predicted molar refractivity (Wildman–Crippen MR) is 226 cm³/mol. The molecule has 296 valence electrons. The molecular weight excluding hydrogens is 733 g/mol. The minimum absolute atomic E-state index is 0.0791. The number of hydrogen-bond acceptors (Lipinski definition) is 6. The fourth-order valence-corrected chi connectivity index (χ4v) is 8.06. The molecule has 0 spiro atoms. The fourth-order valence-electron chi connectivity index (χ4n) is 8.06. The molecule has 8 rings (SSSR count). The van der Waals surface area contributed by atoms with Gasteiger partial charge in [-0.2, -0.15) is 0 Å². The molecule has 4 aromatic carbocycles. The van der Waals surface area contributed by atoms with E-state index in [-0.39, 0.29) is 36.5 Å². The molecule has 4 amide bonds. The number of amides is 4. The van der Waals surface area contributed by atoms with Crippen molar-refractivity contribution >= 4 is 69.0 Å². The van der Waals surface area contributed by atoms with Crippen LogP contribution in [0, 0.1) is 0 Å². The fraction of sp³-hybridized carbons (Fsp3) is 0.261. The average molecular weight is 779 g/mol. The lowest BCUT2D eigenvalue weighted by Crippen LogP contribution is -2.43. The van der Waals surface area contributed by atoms with E-state index in [1.54, 1.807) is 24.0 Å². The SMILES string of the molecule is COc1ccc2[nH]cc(CC(=O)N3CCC[C@H]3C(=O)Nc3ccc(/C=C/c4ccc(NC(=O)[C@@H]5CCCN5C(=O)Cc5c[nH]c6ccc(OC)cc56)cc4)cc3)c2c1. The van der Waals surface area contributed by atoms with Gasteiger partial charge in [-0.25, -0.2) is 0 Å². The number of methoxy groups -OCH3 is 2. The zero-order chi connectivity index (χ0) is 40.2. The molecule has 0 aliphatic carbocycles. The summed E-state index contributed by atoms with van der Waals surface area (Å²) in [6.45, 7) is 1.09. The molecular formula is C46H46N6O6. The van der Waals surface area contributed by atoms with Gasteiger partial charge in [0, 0.05) is 58.7 Å². The van der Waals surface area contributed by atoms with Crippen molar-refractivity contribution in [1.82, 2.24) is 19.8 Å². The van der Waals surface area contributed by atoms with E-state index in [1.807, 2.05) is 109 Å². The lowest BCUT2D eigenvalue weighted by molar-refractivity contribution is -0.136. The van der Waals surface area contributed by atoms with E-state index in [1.165, 1.54) is 0 Å². The lowest BCUT2D eigenvalue weighted by atomic mass is 10.1. The first-order chi connectivity index (χ1) is 28.3. The van der Waals surface area contributed by atoms with Crippen molar-refractivity contribution in [3.8, 4) is 11.5 Å². The van der Waals surface area contributed by atoms with Crippen LogP contribution in [-0.2, 0) is 32.0 Å². The summed E-state index contributed by atoms with van der Waals surface area (Å²) in [7, 11) is 3.23. The van der Waals surface area contributed by atoms with Crippen molar-refractivity contribution in [2.45, 2.75) is 50.6 Å². The molecule has 2 saturated heterocycles. The molecule has 2 aromatic heterocycles. The zero-order valence-electron chi connectivity index (χ0n) is 32.5. The number of nitrogens with one attached hydrogen (secondary N) is 4. The quantitative estimate of drug-likeness (QED) is 0.0968. The zero-order valence-corrected chi connectivity index (χ0v) is 32.5. The molecule has 0 bridgehead atoms. The molecule has 4 heterocycles. The number of ether oxygens (including phenoxy) is 2. The number of likely N-dealkylation sites (tertiary alicyclic amines) is 2. The molecule has 12 heteroatoms. The number of hydrogen-bond donors (Lipinski definition) is 4. The Morgan fingerprint density at radius 2 is 1.03 bits per heavy atom. The first kappa shape index (κ1) is 38.1. The third kappa shape index (κ3) is 8.17. The van der Waals surface area contributed by atoms with Crippen molar-refractivity contribution in [1.29, 1.82) is 0 Å². The van der Waals surface area contributed by atoms with Gasteiger partial charge >= 0.3 is 0 Å². The van der Waals surface area contributed by atoms with Crippen molar-refractivity contribution in [2.75, 3.05) is 37.9 Å². The van der Waals surface area contributed by atoms with E-state index in [9.17, 15) is 19.2 Å². The second-order valence-corrected chi connectivity index (χ2v) is 14.9. The predicted octanol–water partition coefficient (Wildman–Crippen LogP) is 7.18. The number of aromatic amines is 2. The van der Waals surface area contributed by atoms with Gasteiger partial charge in [0.2, 0.25) is 23.6 Å².